The zero-order chi connectivity index (χ0) is 13.2. The zero-order valence-electron chi connectivity index (χ0n) is 11.6. The molecule has 0 spiro atoms. The smallest absolute Gasteiger partial charge is 0.123 e. The van der Waals surface area contributed by atoms with Gasteiger partial charge >= 0.3 is 0 Å². The maximum Gasteiger partial charge on any atom is 0.123 e. The Morgan fingerprint density at radius 2 is 2.11 bits per heavy atom. The molecule has 2 aliphatic rings. The van der Waals surface area contributed by atoms with Crippen molar-refractivity contribution in [3.63, 3.8) is 0 Å². The normalized spacial score (nSPS) is 29.2. The number of likely N-dealkylation sites (tertiary alicyclic amines) is 1. The number of hydrogen-bond donors (Lipinski definition) is 1. The Morgan fingerprint density at radius 3 is 2.79 bits per heavy atom. The SMILES string of the molecule is CCC(c1ccc(F)cc1)N1CC2CCCNC2C1. The average molecular weight is 262 g/mol. The zero-order valence-corrected chi connectivity index (χ0v) is 11.6. The average Bonchev–Trinajstić information content (AvgIpc) is 2.85. The molecule has 2 nitrogen and oxygen atoms in total. The first-order valence-corrected chi connectivity index (χ1v) is 7.51. The highest BCUT2D eigenvalue weighted by Crippen LogP contribution is 2.33. The highest BCUT2D eigenvalue weighted by atomic mass is 19.1. The fraction of sp³-hybridized carbons (Fsp3) is 0.625. The van der Waals surface area contributed by atoms with Crippen LogP contribution in [-0.2, 0) is 0 Å². The molecule has 2 heterocycles. The van der Waals surface area contributed by atoms with Crippen molar-refractivity contribution >= 4 is 0 Å². The summed E-state index contributed by atoms with van der Waals surface area (Å²) in [5, 5.41) is 3.65. The maximum absolute atomic E-state index is 13.0. The van der Waals surface area contributed by atoms with E-state index in [0.29, 0.717) is 12.1 Å². The van der Waals surface area contributed by atoms with Crippen LogP contribution in [0.2, 0.25) is 0 Å². The lowest BCUT2D eigenvalue weighted by Gasteiger charge is -2.27. The number of piperidine rings is 1. The van der Waals surface area contributed by atoms with Gasteiger partial charge in [-0.1, -0.05) is 19.1 Å². The summed E-state index contributed by atoms with van der Waals surface area (Å²) in [6.45, 7) is 5.72. The summed E-state index contributed by atoms with van der Waals surface area (Å²) in [4.78, 5) is 2.58. The van der Waals surface area contributed by atoms with E-state index < -0.39 is 0 Å². The van der Waals surface area contributed by atoms with Crippen LogP contribution in [0.5, 0.6) is 0 Å². The van der Waals surface area contributed by atoms with Crippen LogP contribution in [0.1, 0.15) is 37.8 Å². The van der Waals surface area contributed by atoms with Gasteiger partial charge in [0, 0.05) is 25.2 Å². The van der Waals surface area contributed by atoms with Crippen molar-refractivity contribution < 1.29 is 4.39 Å². The van der Waals surface area contributed by atoms with E-state index in [4.69, 9.17) is 0 Å². The van der Waals surface area contributed by atoms with Gasteiger partial charge in [-0.25, -0.2) is 4.39 Å². The quantitative estimate of drug-likeness (QED) is 0.901. The first-order chi connectivity index (χ1) is 9.28. The third kappa shape index (κ3) is 2.67. The van der Waals surface area contributed by atoms with Gasteiger partial charge in [0.05, 0.1) is 0 Å². The standard InChI is InChI=1S/C16H23FN2/c1-2-16(12-5-7-14(17)8-6-12)19-10-13-4-3-9-18-15(13)11-19/h5-8,13,15-16,18H,2-4,9-11H2,1H3. The van der Waals surface area contributed by atoms with Gasteiger partial charge in [-0.05, 0) is 49.4 Å². The second kappa shape index (κ2) is 5.59. The summed E-state index contributed by atoms with van der Waals surface area (Å²) in [6.07, 6.45) is 3.75. The summed E-state index contributed by atoms with van der Waals surface area (Å²) < 4.78 is 13.0. The second-order valence-corrected chi connectivity index (χ2v) is 5.89. The van der Waals surface area contributed by atoms with Gasteiger partial charge in [-0.15, -0.1) is 0 Å². The molecule has 2 fully saturated rings. The van der Waals surface area contributed by atoms with Crippen molar-refractivity contribution in [2.75, 3.05) is 19.6 Å². The molecular weight excluding hydrogens is 239 g/mol. The van der Waals surface area contributed by atoms with Crippen molar-refractivity contribution in [1.29, 1.82) is 0 Å². The molecule has 0 aromatic heterocycles. The lowest BCUT2D eigenvalue weighted by atomic mass is 9.94. The number of fused-ring (bicyclic) bond motifs is 1. The number of hydrogen-bond acceptors (Lipinski definition) is 2. The van der Waals surface area contributed by atoms with Gasteiger partial charge in [0.25, 0.3) is 0 Å². The van der Waals surface area contributed by atoms with E-state index in [2.05, 4.69) is 17.1 Å². The van der Waals surface area contributed by atoms with Crippen molar-refractivity contribution in [2.45, 2.75) is 38.3 Å². The molecule has 0 bridgehead atoms. The lowest BCUT2D eigenvalue weighted by Crippen LogP contribution is -2.40. The summed E-state index contributed by atoms with van der Waals surface area (Å²) in [6, 6.07) is 8.16. The van der Waals surface area contributed by atoms with E-state index in [1.165, 1.54) is 31.5 Å². The molecule has 104 valence electrons. The fourth-order valence-electron chi connectivity index (χ4n) is 3.72. The van der Waals surface area contributed by atoms with E-state index in [1.807, 2.05) is 12.1 Å². The van der Waals surface area contributed by atoms with Crippen molar-refractivity contribution in [1.82, 2.24) is 10.2 Å². The minimum Gasteiger partial charge on any atom is -0.312 e. The molecule has 0 radical (unpaired) electrons. The van der Waals surface area contributed by atoms with Gasteiger partial charge in [0.1, 0.15) is 5.82 Å². The van der Waals surface area contributed by atoms with Crippen LogP contribution >= 0.6 is 0 Å². The van der Waals surface area contributed by atoms with E-state index >= 15 is 0 Å². The minimum absolute atomic E-state index is 0.143. The van der Waals surface area contributed by atoms with Crippen molar-refractivity contribution in [2.24, 2.45) is 5.92 Å². The molecule has 3 atom stereocenters. The molecule has 1 N–H and O–H groups in total. The van der Waals surface area contributed by atoms with Crippen LogP contribution < -0.4 is 5.32 Å². The fourth-order valence-corrected chi connectivity index (χ4v) is 3.72. The summed E-state index contributed by atoms with van der Waals surface area (Å²) in [7, 11) is 0. The molecule has 1 aromatic rings. The highest BCUT2D eigenvalue weighted by Gasteiger charge is 2.36. The number of benzene rings is 1. The summed E-state index contributed by atoms with van der Waals surface area (Å²) >= 11 is 0. The third-order valence-electron chi connectivity index (χ3n) is 4.71. The molecule has 19 heavy (non-hydrogen) atoms. The number of nitrogens with zero attached hydrogens (tertiary/aromatic N) is 1. The monoisotopic (exact) mass is 262 g/mol. The van der Waals surface area contributed by atoms with Crippen LogP contribution in [0.4, 0.5) is 4.39 Å². The molecule has 3 rings (SSSR count). The number of nitrogens with one attached hydrogen (secondary N) is 1. The van der Waals surface area contributed by atoms with Gasteiger partial charge in [0.15, 0.2) is 0 Å². The molecule has 1 aromatic carbocycles. The van der Waals surface area contributed by atoms with Crippen LogP contribution in [0, 0.1) is 11.7 Å². The summed E-state index contributed by atoms with van der Waals surface area (Å²) in [5.74, 6) is 0.665. The Bertz CT molecular complexity index is 403. The number of rotatable bonds is 3. The summed E-state index contributed by atoms with van der Waals surface area (Å²) in [5.41, 5.74) is 1.25. The highest BCUT2D eigenvalue weighted by molar-refractivity contribution is 5.20. The molecule has 0 aliphatic carbocycles. The maximum atomic E-state index is 13.0. The number of halogens is 1. The Balaban J connectivity index is 1.74. The van der Waals surface area contributed by atoms with Gasteiger partial charge in [0.2, 0.25) is 0 Å². The van der Waals surface area contributed by atoms with E-state index in [0.717, 1.165) is 18.9 Å². The first kappa shape index (κ1) is 13.1. The Hall–Kier alpha value is -0.930. The van der Waals surface area contributed by atoms with Crippen LogP contribution in [0.15, 0.2) is 24.3 Å². The predicted octanol–water partition coefficient (Wildman–Crippen LogP) is 2.96. The largest absolute Gasteiger partial charge is 0.312 e. The molecule has 0 amide bonds. The third-order valence-corrected chi connectivity index (χ3v) is 4.71. The van der Waals surface area contributed by atoms with Gasteiger partial charge in [-0.2, -0.15) is 0 Å². The molecule has 2 aliphatic heterocycles. The lowest BCUT2D eigenvalue weighted by molar-refractivity contribution is 0.228. The molecule has 3 heteroatoms. The van der Waals surface area contributed by atoms with E-state index in [-0.39, 0.29) is 5.82 Å². The second-order valence-electron chi connectivity index (χ2n) is 5.89. The first-order valence-electron chi connectivity index (χ1n) is 7.51. The molecular formula is C16H23FN2. The van der Waals surface area contributed by atoms with Crippen LogP contribution in [-0.4, -0.2) is 30.6 Å². The molecule has 3 unspecified atom stereocenters. The Labute approximate surface area is 115 Å². The minimum atomic E-state index is -0.143. The van der Waals surface area contributed by atoms with Crippen molar-refractivity contribution in [3.05, 3.63) is 35.6 Å². The van der Waals surface area contributed by atoms with E-state index in [1.54, 1.807) is 12.1 Å². The molecule has 2 saturated heterocycles. The van der Waals surface area contributed by atoms with E-state index in [9.17, 15) is 4.39 Å². The Kier molecular flexibility index (Phi) is 3.85. The Morgan fingerprint density at radius 1 is 1.32 bits per heavy atom. The van der Waals surface area contributed by atoms with Gasteiger partial charge in [-0.3, -0.25) is 4.90 Å². The van der Waals surface area contributed by atoms with Crippen LogP contribution in [0.25, 0.3) is 0 Å². The topological polar surface area (TPSA) is 15.3 Å². The van der Waals surface area contributed by atoms with Gasteiger partial charge < -0.3 is 5.32 Å². The van der Waals surface area contributed by atoms with Crippen LogP contribution in [0.3, 0.4) is 0 Å². The predicted molar refractivity (Wildman–Crippen MR) is 75.5 cm³/mol. The molecule has 0 saturated carbocycles. The van der Waals surface area contributed by atoms with Crippen molar-refractivity contribution in [3.8, 4) is 0 Å².